The van der Waals surface area contributed by atoms with E-state index in [1.54, 1.807) is 0 Å². The van der Waals surface area contributed by atoms with Gasteiger partial charge in [-0.3, -0.25) is 4.79 Å². The highest BCUT2D eigenvalue weighted by atomic mass is 16.3. The molecular formula is C14H25NO2. The molecule has 0 fully saturated rings. The number of aliphatic hydroxyl groups is 1. The molecule has 0 aliphatic carbocycles. The molecule has 1 unspecified atom stereocenters. The molecule has 0 rings (SSSR count). The summed E-state index contributed by atoms with van der Waals surface area (Å²) in [6.45, 7) is 3.00. The summed E-state index contributed by atoms with van der Waals surface area (Å²) in [5.41, 5.74) is 0. The molecule has 1 amide bonds. The monoisotopic (exact) mass is 239 g/mol. The Bertz CT molecular complexity index is 227. The summed E-state index contributed by atoms with van der Waals surface area (Å²) >= 11 is 0. The van der Waals surface area contributed by atoms with Gasteiger partial charge in [0.05, 0.1) is 0 Å². The topological polar surface area (TPSA) is 49.3 Å². The minimum absolute atomic E-state index is 0.0982. The van der Waals surface area contributed by atoms with Gasteiger partial charge in [0.15, 0.2) is 0 Å². The van der Waals surface area contributed by atoms with Gasteiger partial charge in [0, 0.05) is 26.0 Å². The lowest BCUT2D eigenvalue weighted by Crippen LogP contribution is -2.29. The van der Waals surface area contributed by atoms with Crippen molar-refractivity contribution in [3.8, 4) is 12.3 Å². The Hall–Kier alpha value is -1.01. The van der Waals surface area contributed by atoms with Crippen LogP contribution in [-0.4, -0.2) is 24.2 Å². The van der Waals surface area contributed by atoms with Gasteiger partial charge in [-0.2, -0.15) is 0 Å². The van der Waals surface area contributed by atoms with Crippen LogP contribution in [0.1, 0.15) is 51.9 Å². The van der Waals surface area contributed by atoms with Gasteiger partial charge >= 0.3 is 0 Å². The molecule has 0 aromatic carbocycles. The first-order valence-electron chi connectivity index (χ1n) is 6.55. The van der Waals surface area contributed by atoms with E-state index in [4.69, 9.17) is 11.5 Å². The minimum Gasteiger partial charge on any atom is -0.396 e. The normalized spacial score (nSPS) is 11.8. The van der Waals surface area contributed by atoms with Crippen LogP contribution < -0.4 is 5.32 Å². The average molecular weight is 239 g/mol. The van der Waals surface area contributed by atoms with Gasteiger partial charge in [-0.15, -0.1) is 12.3 Å². The van der Waals surface area contributed by atoms with Gasteiger partial charge in [-0.05, 0) is 31.6 Å². The number of aliphatic hydroxyl groups excluding tert-OH is 1. The van der Waals surface area contributed by atoms with Crippen LogP contribution in [0.3, 0.4) is 0 Å². The van der Waals surface area contributed by atoms with Gasteiger partial charge in [0.2, 0.25) is 5.91 Å². The van der Waals surface area contributed by atoms with Crippen molar-refractivity contribution in [2.45, 2.75) is 51.9 Å². The lowest BCUT2D eigenvalue weighted by molar-refractivity contribution is -0.121. The summed E-state index contributed by atoms with van der Waals surface area (Å²) in [5, 5.41) is 11.8. The number of nitrogens with one attached hydrogen (secondary N) is 1. The SMILES string of the molecule is C#CCCCCC(=O)NCC(CCC)CCO. The zero-order valence-electron chi connectivity index (χ0n) is 10.9. The number of carbonyl (C=O) groups is 1. The Morgan fingerprint density at radius 2 is 2.18 bits per heavy atom. The Kier molecular flexibility index (Phi) is 10.8. The molecule has 0 heterocycles. The van der Waals surface area contributed by atoms with Crippen LogP contribution in [-0.2, 0) is 4.79 Å². The molecule has 0 aromatic rings. The second kappa shape index (κ2) is 11.5. The zero-order chi connectivity index (χ0) is 12.9. The number of terminal acetylenes is 1. The maximum atomic E-state index is 11.5. The van der Waals surface area contributed by atoms with Crippen molar-refractivity contribution in [2.24, 2.45) is 5.92 Å². The van der Waals surface area contributed by atoms with Crippen LogP contribution in [0.25, 0.3) is 0 Å². The van der Waals surface area contributed by atoms with Crippen molar-refractivity contribution in [3.05, 3.63) is 0 Å². The van der Waals surface area contributed by atoms with Crippen molar-refractivity contribution in [1.82, 2.24) is 5.32 Å². The third-order valence-corrected chi connectivity index (χ3v) is 2.80. The van der Waals surface area contributed by atoms with Crippen LogP contribution in [0.5, 0.6) is 0 Å². The second-order valence-corrected chi connectivity index (χ2v) is 4.38. The van der Waals surface area contributed by atoms with Gasteiger partial charge in [0.1, 0.15) is 0 Å². The summed E-state index contributed by atoms with van der Waals surface area (Å²) in [6.07, 6.45) is 11.1. The number of hydrogen-bond donors (Lipinski definition) is 2. The molecule has 0 aliphatic rings. The maximum absolute atomic E-state index is 11.5. The highest BCUT2D eigenvalue weighted by Gasteiger charge is 2.08. The Morgan fingerprint density at radius 3 is 2.76 bits per heavy atom. The molecule has 1 atom stereocenters. The smallest absolute Gasteiger partial charge is 0.220 e. The van der Waals surface area contributed by atoms with E-state index in [0.29, 0.717) is 18.9 Å². The molecule has 2 N–H and O–H groups in total. The van der Waals surface area contributed by atoms with Crippen molar-refractivity contribution < 1.29 is 9.90 Å². The lowest BCUT2D eigenvalue weighted by Gasteiger charge is -2.15. The third-order valence-electron chi connectivity index (χ3n) is 2.80. The van der Waals surface area contributed by atoms with Gasteiger partial charge in [-0.25, -0.2) is 0 Å². The van der Waals surface area contributed by atoms with E-state index in [9.17, 15) is 4.79 Å². The molecule has 0 radical (unpaired) electrons. The predicted octanol–water partition coefficient (Wildman–Crippen LogP) is 2.09. The third kappa shape index (κ3) is 9.89. The van der Waals surface area contributed by atoms with Crippen molar-refractivity contribution in [3.63, 3.8) is 0 Å². The highest BCUT2D eigenvalue weighted by molar-refractivity contribution is 5.75. The predicted molar refractivity (Wildman–Crippen MR) is 70.4 cm³/mol. The molecule has 17 heavy (non-hydrogen) atoms. The van der Waals surface area contributed by atoms with Gasteiger partial charge < -0.3 is 10.4 Å². The highest BCUT2D eigenvalue weighted by Crippen LogP contribution is 2.09. The van der Waals surface area contributed by atoms with E-state index in [1.165, 1.54) is 0 Å². The molecule has 3 nitrogen and oxygen atoms in total. The van der Waals surface area contributed by atoms with Crippen LogP contribution in [0.4, 0.5) is 0 Å². The number of unbranched alkanes of at least 4 members (excludes halogenated alkanes) is 2. The first-order valence-corrected chi connectivity index (χ1v) is 6.55. The van der Waals surface area contributed by atoms with Crippen LogP contribution in [0.2, 0.25) is 0 Å². The molecular weight excluding hydrogens is 214 g/mol. The maximum Gasteiger partial charge on any atom is 0.220 e. The Morgan fingerprint density at radius 1 is 1.41 bits per heavy atom. The van der Waals surface area contributed by atoms with Crippen LogP contribution in [0, 0.1) is 18.3 Å². The van der Waals surface area contributed by atoms with Crippen LogP contribution in [0.15, 0.2) is 0 Å². The van der Waals surface area contributed by atoms with E-state index in [-0.39, 0.29) is 12.5 Å². The standard InChI is InChI=1S/C14H25NO2/c1-3-5-6-7-9-14(17)15-12-13(8-4-2)10-11-16/h1,13,16H,4-12H2,2H3,(H,15,17). The fourth-order valence-corrected chi connectivity index (χ4v) is 1.80. The summed E-state index contributed by atoms with van der Waals surface area (Å²) in [4.78, 5) is 11.5. The summed E-state index contributed by atoms with van der Waals surface area (Å²) < 4.78 is 0. The van der Waals surface area contributed by atoms with Crippen LogP contribution >= 0.6 is 0 Å². The first-order chi connectivity index (χ1) is 8.24. The summed E-state index contributed by atoms with van der Waals surface area (Å²) in [7, 11) is 0. The van der Waals surface area contributed by atoms with E-state index in [0.717, 1.165) is 38.5 Å². The summed E-state index contributed by atoms with van der Waals surface area (Å²) in [6, 6.07) is 0. The molecule has 98 valence electrons. The van der Waals surface area contributed by atoms with E-state index >= 15 is 0 Å². The van der Waals surface area contributed by atoms with Crippen molar-refractivity contribution in [2.75, 3.05) is 13.2 Å². The van der Waals surface area contributed by atoms with E-state index < -0.39 is 0 Å². The molecule has 3 heteroatoms. The summed E-state index contributed by atoms with van der Waals surface area (Å²) in [5.74, 6) is 3.07. The number of amides is 1. The Labute approximate surface area is 105 Å². The molecule has 0 aliphatic heterocycles. The minimum atomic E-state index is 0.0982. The molecule has 0 saturated heterocycles. The molecule has 0 saturated carbocycles. The largest absolute Gasteiger partial charge is 0.396 e. The number of rotatable bonds is 10. The number of carbonyl (C=O) groups excluding carboxylic acids is 1. The Balaban J connectivity index is 3.61. The molecule has 0 aromatic heterocycles. The first kappa shape index (κ1) is 16.0. The van der Waals surface area contributed by atoms with Crippen molar-refractivity contribution in [1.29, 1.82) is 0 Å². The van der Waals surface area contributed by atoms with Crippen molar-refractivity contribution >= 4 is 5.91 Å². The number of hydrogen-bond acceptors (Lipinski definition) is 2. The van der Waals surface area contributed by atoms with Gasteiger partial charge in [-0.1, -0.05) is 13.3 Å². The molecule has 0 bridgehead atoms. The zero-order valence-corrected chi connectivity index (χ0v) is 10.9. The lowest BCUT2D eigenvalue weighted by atomic mass is 10.0. The molecule has 0 spiro atoms. The average Bonchev–Trinajstić information content (AvgIpc) is 2.32. The van der Waals surface area contributed by atoms with E-state index in [2.05, 4.69) is 18.2 Å². The van der Waals surface area contributed by atoms with Gasteiger partial charge in [0.25, 0.3) is 0 Å². The fraction of sp³-hybridized carbons (Fsp3) is 0.786. The second-order valence-electron chi connectivity index (χ2n) is 4.38. The fourth-order valence-electron chi connectivity index (χ4n) is 1.80. The quantitative estimate of drug-likeness (QED) is 0.453. The van der Waals surface area contributed by atoms with E-state index in [1.807, 2.05) is 0 Å².